The van der Waals surface area contributed by atoms with Gasteiger partial charge in [-0.3, -0.25) is 0 Å². The van der Waals surface area contributed by atoms with Gasteiger partial charge in [-0.05, 0) is 23.6 Å². The lowest BCUT2D eigenvalue weighted by atomic mass is 10.2. The van der Waals surface area contributed by atoms with Crippen molar-refractivity contribution < 1.29 is 0 Å². The summed E-state index contributed by atoms with van der Waals surface area (Å²) in [7, 11) is 0. The number of thioether (sulfide) groups is 1. The fraction of sp³-hybridized carbons (Fsp3) is 0.200. The molecule has 0 aromatic heterocycles. The maximum atomic E-state index is 4.36. The van der Waals surface area contributed by atoms with Crippen LogP contribution in [0.25, 0.3) is 0 Å². The molecule has 0 fully saturated rings. The van der Waals surface area contributed by atoms with E-state index in [1.54, 1.807) is 0 Å². The van der Waals surface area contributed by atoms with E-state index < -0.39 is 0 Å². The molecule has 2 aromatic carbocycles. The molecular formula is C15H16S2. The van der Waals surface area contributed by atoms with E-state index in [9.17, 15) is 0 Å². The number of hydrogen-bond donors (Lipinski definition) is 1. The van der Waals surface area contributed by atoms with Crippen molar-refractivity contribution in [3.8, 4) is 0 Å². The Kier molecular flexibility index (Phi) is 5.02. The molecule has 0 nitrogen and oxygen atoms in total. The van der Waals surface area contributed by atoms with Crippen LogP contribution in [0.2, 0.25) is 0 Å². The summed E-state index contributed by atoms with van der Waals surface area (Å²) in [5, 5.41) is 0. The van der Waals surface area contributed by atoms with Gasteiger partial charge in [0.25, 0.3) is 0 Å². The van der Waals surface area contributed by atoms with E-state index in [4.69, 9.17) is 0 Å². The molecule has 0 amide bonds. The van der Waals surface area contributed by atoms with Crippen molar-refractivity contribution in [1.29, 1.82) is 0 Å². The lowest BCUT2D eigenvalue weighted by Crippen LogP contribution is -1.89. The molecule has 0 saturated heterocycles. The van der Waals surface area contributed by atoms with Gasteiger partial charge in [0.15, 0.2) is 0 Å². The first-order chi connectivity index (χ1) is 8.40. The van der Waals surface area contributed by atoms with E-state index in [0.29, 0.717) is 0 Å². The molecule has 0 aliphatic carbocycles. The Labute approximate surface area is 113 Å². The second kappa shape index (κ2) is 6.77. The van der Waals surface area contributed by atoms with Crippen LogP contribution in [0, 0.1) is 0 Å². The van der Waals surface area contributed by atoms with Gasteiger partial charge in [0.05, 0.1) is 0 Å². The fourth-order valence-corrected chi connectivity index (χ4v) is 3.14. The highest BCUT2D eigenvalue weighted by Crippen LogP contribution is 2.24. The molecule has 0 atom stereocenters. The quantitative estimate of drug-likeness (QED) is 0.612. The van der Waals surface area contributed by atoms with Gasteiger partial charge in [0.1, 0.15) is 0 Å². The molecule has 88 valence electrons. The van der Waals surface area contributed by atoms with E-state index >= 15 is 0 Å². The predicted octanol–water partition coefficient (Wildman–Crippen LogP) is 4.45. The van der Waals surface area contributed by atoms with Crippen molar-refractivity contribution in [2.24, 2.45) is 0 Å². The summed E-state index contributed by atoms with van der Waals surface area (Å²) in [4.78, 5) is 1.36. The van der Waals surface area contributed by atoms with Crippen molar-refractivity contribution in [3.05, 3.63) is 65.7 Å². The minimum absolute atomic E-state index is 0.814. The van der Waals surface area contributed by atoms with Crippen LogP contribution in [0.5, 0.6) is 0 Å². The van der Waals surface area contributed by atoms with Crippen molar-refractivity contribution >= 4 is 24.4 Å². The molecule has 17 heavy (non-hydrogen) atoms. The lowest BCUT2D eigenvalue weighted by Gasteiger charge is -2.06. The average Bonchev–Trinajstić information content (AvgIpc) is 2.40. The molecule has 2 heteroatoms. The Balaban J connectivity index is 1.90. The van der Waals surface area contributed by atoms with Gasteiger partial charge in [-0.1, -0.05) is 48.5 Å². The molecule has 2 aromatic rings. The Morgan fingerprint density at radius 1 is 0.882 bits per heavy atom. The minimum Gasteiger partial charge on any atom is -0.175 e. The highest BCUT2D eigenvalue weighted by Gasteiger charge is 2.00. The standard InChI is InChI=1S/C15H16S2/c16-12-14-8-4-5-9-15(14)17-11-10-13-6-2-1-3-7-13/h1-9,16H,10-12H2. The molecule has 0 saturated carbocycles. The summed E-state index contributed by atoms with van der Waals surface area (Å²) in [5.74, 6) is 1.93. The maximum absolute atomic E-state index is 4.36. The number of benzene rings is 2. The molecular weight excluding hydrogens is 244 g/mol. The molecule has 0 N–H and O–H groups in total. The molecule has 0 unspecified atom stereocenters. The normalized spacial score (nSPS) is 10.4. The van der Waals surface area contributed by atoms with Gasteiger partial charge in [-0.2, -0.15) is 12.6 Å². The number of thiol groups is 1. The zero-order chi connectivity index (χ0) is 11.9. The largest absolute Gasteiger partial charge is 0.175 e. The van der Waals surface area contributed by atoms with E-state index in [1.165, 1.54) is 16.0 Å². The van der Waals surface area contributed by atoms with Crippen LogP contribution in [0.15, 0.2) is 59.5 Å². The van der Waals surface area contributed by atoms with Crippen LogP contribution in [0.4, 0.5) is 0 Å². The van der Waals surface area contributed by atoms with Crippen molar-refractivity contribution in [1.82, 2.24) is 0 Å². The van der Waals surface area contributed by atoms with Crippen LogP contribution in [-0.2, 0) is 12.2 Å². The smallest absolute Gasteiger partial charge is 0.0165 e. The third kappa shape index (κ3) is 3.83. The number of rotatable bonds is 5. The topological polar surface area (TPSA) is 0 Å². The first-order valence-corrected chi connectivity index (χ1v) is 7.37. The molecule has 0 heterocycles. The van der Waals surface area contributed by atoms with Crippen LogP contribution in [-0.4, -0.2) is 5.75 Å². The summed E-state index contributed by atoms with van der Waals surface area (Å²) < 4.78 is 0. The minimum atomic E-state index is 0.814. The Morgan fingerprint density at radius 3 is 2.35 bits per heavy atom. The third-order valence-electron chi connectivity index (χ3n) is 2.63. The summed E-state index contributed by atoms with van der Waals surface area (Å²) >= 11 is 6.28. The highest BCUT2D eigenvalue weighted by atomic mass is 32.2. The maximum Gasteiger partial charge on any atom is 0.0165 e. The van der Waals surface area contributed by atoms with E-state index in [1.807, 2.05) is 11.8 Å². The third-order valence-corrected chi connectivity index (χ3v) is 4.09. The Morgan fingerprint density at radius 2 is 1.59 bits per heavy atom. The predicted molar refractivity (Wildman–Crippen MR) is 80.0 cm³/mol. The molecule has 2 rings (SSSR count). The Hall–Kier alpha value is -0.860. The first kappa shape index (κ1) is 12.6. The van der Waals surface area contributed by atoms with Crippen LogP contribution < -0.4 is 0 Å². The van der Waals surface area contributed by atoms with Crippen LogP contribution >= 0.6 is 24.4 Å². The average molecular weight is 260 g/mol. The second-order valence-corrected chi connectivity index (χ2v) is 5.30. The van der Waals surface area contributed by atoms with E-state index in [2.05, 4.69) is 67.2 Å². The number of aryl methyl sites for hydroxylation is 1. The molecule has 0 bridgehead atoms. The van der Waals surface area contributed by atoms with E-state index in [-0.39, 0.29) is 0 Å². The molecule has 0 radical (unpaired) electrons. The number of hydrogen-bond acceptors (Lipinski definition) is 2. The molecule has 0 aliphatic heterocycles. The summed E-state index contributed by atoms with van der Waals surface area (Å²) in [5.41, 5.74) is 2.73. The van der Waals surface area contributed by atoms with Gasteiger partial charge in [0.2, 0.25) is 0 Å². The monoisotopic (exact) mass is 260 g/mol. The molecule has 0 aliphatic rings. The fourth-order valence-electron chi connectivity index (χ4n) is 1.70. The SMILES string of the molecule is SCc1ccccc1SCCc1ccccc1. The van der Waals surface area contributed by atoms with Crippen molar-refractivity contribution in [2.45, 2.75) is 17.1 Å². The van der Waals surface area contributed by atoms with Gasteiger partial charge in [-0.15, -0.1) is 11.8 Å². The zero-order valence-corrected chi connectivity index (χ0v) is 11.4. The van der Waals surface area contributed by atoms with Crippen molar-refractivity contribution in [2.75, 3.05) is 5.75 Å². The van der Waals surface area contributed by atoms with E-state index in [0.717, 1.165) is 17.9 Å². The lowest BCUT2D eigenvalue weighted by molar-refractivity contribution is 1.15. The van der Waals surface area contributed by atoms with Crippen molar-refractivity contribution in [3.63, 3.8) is 0 Å². The highest BCUT2D eigenvalue weighted by molar-refractivity contribution is 7.99. The zero-order valence-electron chi connectivity index (χ0n) is 9.67. The summed E-state index contributed by atoms with van der Waals surface area (Å²) in [6.45, 7) is 0. The van der Waals surface area contributed by atoms with Gasteiger partial charge >= 0.3 is 0 Å². The van der Waals surface area contributed by atoms with Gasteiger partial charge < -0.3 is 0 Å². The summed E-state index contributed by atoms with van der Waals surface area (Å²) in [6, 6.07) is 19.1. The van der Waals surface area contributed by atoms with Crippen LogP contribution in [0.3, 0.4) is 0 Å². The second-order valence-electron chi connectivity index (χ2n) is 3.85. The van der Waals surface area contributed by atoms with Gasteiger partial charge in [-0.25, -0.2) is 0 Å². The van der Waals surface area contributed by atoms with Crippen LogP contribution in [0.1, 0.15) is 11.1 Å². The first-order valence-electron chi connectivity index (χ1n) is 5.75. The Bertz CT molecular complexity index is 451. The molecule has 0 spiro atoms. The van der Waals surface area contributed by atoms with Gasteiger partial charge in [0, 0.05) is 16.4 Å². The summed E-state index contributed by atoms with van der Waals surface area (Å²) in [6.07, 6.45) is 1.12.